The molecule has 2 amide bonds. The van der Waals surface area contributed by atoms with Gasteiger partial charge in [0.1, 0.15) is 0 Å². The molecule has 0 radical (unpaired) electrons. The summed E-state index contributed by atoms with van der Waals surface area (Å²) >= 11 is 5.84. The second-order valence-corrected chi connectivity index (χ2v) is 9.36. The van der Waals surface area contributed by atoms with Crippen LogP contribution < -0.4 is 10.6 Å². The van der Waals surface area contributed by atoms with E-state index in [1.54, 1.807) is 18.3 Å². The zero-order valence-corrected chi connectivity index (χ0v) is 17.8. The van der Waals surface area contributed by atoms with E-state index >= 15 is 0 Å². The number of anilines is 1. The van der Waals surface area contributed by atoms with Gasteiger partial charge >= 0.3 is 0 Å². The van der Waals surface area contributed by atoms with Gasteiger partial charge < -0.3 is 10.6 Å². The van der Waals surface area contributed by atoms with Gasteiger partial charge in [0.05, 0.1) is 22.7 Å². The first-order valence-corrected chi connectivity index (χ1v) is 11.4. The summed E-state index contributed by atoms with van der Waals surface area (Å²) in [6.07, 6.45) is 4.44. The Morgan fingerprint density at radius 1 is 1.20 bits per heavy atom. The zero-order valence-electron chi connectivity index (χ0n) is 16.3. The molecule has 8 nitrogen and oxygen atoms in total. The van der Waals surface area contributed by atoms with E-state index in [0.29, 0.717) is 30.1 Å². The Kier molecular flexibility index (Phi) is 7.41. The number of piperidine rings is 1. The number of pyridine rings is 1. The van der Waals surface area contributed by atoms with Crippen LogP contribution in [0.5, 0.6) is 0 Å². The Bertz CT molecular complexity index is 984. The predicted molar refractivity (Wildman–Crippen MR) is 113 cm³/mol. The number of hydrogen-bond donors (Lipinski definition) is 2. The molecule has 1 aromatic carbocycles. The van der Waals surface area contributed by atoms with Crippen molar-refractivity contribution in [1.82, 2.24) is 14.6 Å². The first-order valence-electron chi connectivity index (χ1n) is 9.59. The Labute approximate surface area is 180 Å². The molecular weight excluding hydrogens is 428 g/mol. The molecule has 1 aromatic heterocycles. The van der Waals surface area contributed by atoms with Gasteiger partial charge in [0.2, 0.25) is 21.8 Å². The normalized spacial score (nSPS) is 17.3. The maximum absolute atomic E-state index is 12.8. The first-order chi connectivity index (χ1) is 14.4. The molecule has 2 aromatic rings. The van der Waals surface area contributed by atoms with Crippen LogP contribution in [0.25, 0.3) is 0 Å². The lowest BCUT2D eigenvalue weighted by molar-refractivity contribution is -0.126. The lowest BCUT2D eigenvalue weighted by Crippen LogP contribution is -2.45. The van der Waals surface area contributed by atoms with Crippen LogP contribution in [0.3, 0.4) is 0 Å². The van der Waals surface area contributed by atoms with Gasteiger partial charge in [-0.3, -0.25) is 14.6 Å². The fourth-order valence-electron chi connectivity index (χ4n) is 3.23. The standard InChI is InChI=1S/C20H23ClN4O4S/c21-16-5-7-18(8-6-16)30(28,29)25-12-2-3-15(14-25)20(27)23-11-9-19(26)24-17-4-1-10-22-13-17/h1,4-8,10,13,15H,2-3,9,11-12,14H2,(H,23,27)(H,24,26)/t15-/m1/s1. The van der Waals surface area contributed by atoms with Crippen LogP contribution in [0.1, 0.15) is 19.3 Å². The number of aromatic nitrogens is 1. The third-order valence-electron chi connectivity index (χ3n) is 4.80. The summed E-state index contributed by atoms with van der Waals surface area (Å²) in [6.45, 7) is 0.645. The Morgan fingerprint density at radius 2 is 1.97 bits per heavy atom. The molecule has 30 heavy (non-hydrogen) atoms. The highest BCUT2D eigenvalue weighted by atomic mass is 35.5. The number of carbonyl (C=O) groups is 2. The molecule has 0 spiro atoms. The third kappa shape index (κ3) is 5.78. The predicted octanol–water partition coefficient (Wildman–Crippen LogP) is 2.28. The molecule has 10 heteroatoms. The monoisotopic (exact) mass is 450 g/mol. The molecule has 0 saturated carbocycles. The van der Waals surface area contributed by atoms with E-state index in [2.05, 4.69) is 15.6 Å². The number of carbonyl (C=O) groups excluding carboxylic acids is 2. The van der Waals surface area contributed by atoms with Crippen LogP contribution >= 0.6 is 11.6 Å². The maximum Gasteiger partial charge on any atom is 0.243 e. The van der Waals surface area contributed by atoms with Crippen LogP contribution in [-0.4, -0.2) is 49.2 Å². The van der Waals surface area contributed by atoms with Gasteiger partial charge in [0.25, 0.3) is 0 Å². The molecule has 0 bridgehead atoms. The van der Waals surface area contributed by atoms with Gasteiger partial charge in [-0.1, -0.05) is 11.6 Å². The number of amides is 2. The topological polar surface area (TPSA) is 108 Å². The van der Waals surface area contributed by atoms with Crippen LogP contribution in [-0.2, 0) is 19.6 Å². The van der Waals surface area contributed by atoms with Crippen molar-refractivity contribution >= 4 is 39.1 Å². The number of sulfonamides is 1. The minimum Gasteiger partial charge on any atom is -0.355 e. The second-order valence-electron chi connectivity index (χ2n) is 6.99. The van der Waals surface area contributed by atoms with E-state index < -0.39 is 15.9 Å². The van der Waals surface area contributed by atoms with Gasteiger partial charge in [0, 0.05) is 37.3 Å². The highest BCUT2D eigenvalue weighted by Crippen LogP contribution is 2.24. The average molecular weight is 451 g/mol. The molecular formula is C20H23ClN4O4S. The molecule has 1 saturated heterocycles. The van der Waals surface area contributed by atoms with Gasteiger partial charge in [-0.15, -0.1) is 0 Å². The molecule has 0 aliphatic carbocycles. The largest absolute Gasteiger partial charge is 0.355 e. The molecule has 1 atom stereocenters. The molecule has 1 aliphatic heterocycles. The molecule has 3 rings (SSSR count). The Hall–Kier alpha value is -2.49. The Balaban J connectivity index is 1.50. The van der Waals surface area contributed by atoms with Crippen LogP contribution in [0.15, 0.2) is 53.7 Å². The fraction of sp³-hybridized carbons (Fsp3) is 0.350. The summed E-state index contributed by atoms with van der Waals surface area (Å²) in [6, 6.07) is 9.41. The maximum atomic E-state index is 12.8. The highest BCUT2D eigenvalue weighted by Gasteiger charge is 2.33. The fourth-order valence-corrected chi connectivity index (χ4v) is 4.88. The first kappa shape index (κ1) is 22.2. The van der Waals surface area contributed by atoms with Crippen molar-refractivity contribution in [3.8, 4) is 0 Å². The lowest BCUT2D eigenvalue weighted by atomic mass is 9.99. The number of halogens is 1. The van der Waals surface area contributed by atoms with Crippen LogP contribution in [0.4, 0.5) is 5.69 Å². The van der Waals surface area contributed by atoms with Gasteiger partial charge in [-0.05, 0) is 49.2 Å². The smallest absolute Gasteiger partial charge is 0.243 e. The molecule has 2 heterocycles. The quantitative estimate of drug-likeness (QED) is 0.672. The number of nitrogens with zero attached hydrogens (tertiary/aromatic N) is 2. The van der Waals surface area contributed by atoms with Gasteiger partial charge in [0.15, 0.2) is 0 Å². The van der Waals surface area contributed by atoms with E-state index in [1.165, 1.54) is 34.8 Å². The van der Waals surface area contributed by atoms with E-state index in [-0.39, 0.29) is 36.2 Å². The van der Waals surface area contributed by atoms with Crippen molar-refractivity contribution in [1.29, 1.82) is 0 Å². The summed E-state index contributed by atoms with van der Waals surface area (Å²) < 4.78 is 27.0. The lowest BCUT2D eigenvalue weighted by Gasteiger charge is -2.31. The minimum atomic E-state index is -3.69. The summed E-state index contributed by atoms with van der Waals surface area (Å²) in [7, 11) is -3.69. The average Bonchev–Trinajstić information content (AvgIpc) is 2.75. The van der Waals surface area contributed by atoms with E-state index in [4.69, 9.17) is 11.6 Å². The molecule has 1 aliphatic rings. The van der Waals surface area contributed by atoms with Crippen LogP contribution in [0.2, 0.25) is 5.02 Å². The number of hydrogen-bond acceptors (Lipinski definition) is 5. The number of benzene rings is 1. The van der Waals surface area contributed by atoms with Gasteiger partial charge in [-0.25, -0.2) is 8.42 Å². The number of nitrogens with one attached hydrogen (secondary N) is 2. The molecule has 160 valence electrons. The van der Waals surface area contributed by atoms with Crippen LogP contribution in [0, 0.1) is 5.92 Å². The minimum absolute atomic E-state index is 0.110. The van der Waals surface area contributed by atoms with Crippen molar-refractivity contribution in [3.05, 3.63) is 53.8 Å². The molecule has 0 unspecified atom stereocenters. The number of rotatable bonds is 7. The second kappa shape index (κ2) is 10.0. The summed E-state index contributed by atoms with van der Waals surface area (Å²) in [5.74, 6) is -0.943. The SMILES string of the molecule is O=C(CCNC(=O)[C@@H]1CCCN(S(=O)(=O)c2ccc(Cl)cc2)C1)Nc1cccnc1. The molecule has 1 fully saturated rings. The zero-order chi connectivity index (χ0) is 21.6. The van der Waals surface area contributed by atoms with E-state index in [1.807, 2.05) is 0 Å². The van der Waals surface area contributed by atoms with E-state index in [9.17, 15) is 18.0 Å². The molecule has 2 N–H and O–H groups in total. The highest BCUT2D eigenvalue weighted by molar-refractivity contribution is 7.89. The van der Waals surface area contributed by atoms with Gasteiger partial charge in [-0.2, -0.15) is 4.31 Å². The van der Waals surface area contributed by atoms with Crippen molar-refractivity contribution in [2.24, 2.45) is 5.92 Å². The summed E-state index contributed by atoms with van der Waals surface area (Å²) in [5, 5.41) is 5.88. The summed E-state index contributed by atoms with van der Waals surface area (Å²) in [5.41, 5.74) is 0.587. The summed E-state index contributed by atoms with van der Waals surface area (Å²) in [4.78, 5) is 28.5. The van der Waals surface area contributed by atoms with E-state index in [0.717, 1.165) is 0 Å². The third-order valence-corrected chi connectivity index (χ3v) is 6.93. The van der Waals surface area contributed by atoms with Crippen molar-refractivity contribution in [2.45, 2.75) is 24.2 Å². The van der Waals surface area contributed by atoms with Crippen molar-refractivity contribution in [2.75, 3.05) is 25.0 Å². The van der Waals surface area contributed by atoms with Crippen molar-refractivity contribution in [3.63, 3.8) is 0 Å². The Morgan fingerprint density at radius 3 is 2.67 bits per heavy atom. The van der Waals surface area contributed by atoms with Crippen molar-refractivity contribution < 1.29 is 18.0 Å².